The predicted octanol–water partition coefficient (Wildman–Crippen LogP) is 2.61. The Kier molecular flexibility index (Phi) is 9.41. The standard InChI is InChI=1S/C22H31N4O8P/c1-4-16(5-2)32-21(27)15(3)25-35(29,34-17-9-7-6-8-10-17)31-14-20-30-13-19(33-20)26-12-11-18(23)24-22(26)28/h6-12,15-16,19-20H,4-5,13-14H2,1-3H3,(H,25,29)(H2,23,24,28)/t15-,19-,20-,35-/m0/s1. The Hall–Kier alpha value is -2.76. The second-order valence-corrected chi connectivity index (χ2v) is 9.51. The second-order valence-electron chi connectivity index (χ2n) is 7.82. The van der Waals surface area contributed by atoms with E-state index in [0.29, 0.717) is 12.8 Å². The molecular formula is C22H31N4O8P. The first-order valence-electron chi connectivity index (χ1n) is 11.3. The maximum Gasteiger partial charge on any atom is 0.459 e. The predicted molar refractivity (Wildman–Crippen MR) is 126 cm³/mol. The molecule has 3 rings (SSSR count). The summed E-state index contributed by atoms with van der Waals surface area (Å²) < 4.78 is 42.6. The van der Waals surface area contributed by atoms with E-state index in [1.165, 1.54) is 23.8 Å². The monoisotopic (exact) mass is 510 g/mol. The van der Waals surface area contributed by atoms with E-state index >= 15 is 0 Å². The van der Waals surface area contributed by atoms with E-state index in [2.05, 4.69) is 10.1 Å². The minimum absolute atomic E-state index is 0.0367. The smallest absolute Gasteiger partial charge is 0.459 e. The number of carbonyl (C=O) groups excluding carboxylic acids is 1. The van der Waals surface area contributed by atoms with Crippen molar-refractivity contribution in [3.8, 4) is 5.75 Å². The van der Waals surface area contributed by atoms with Gasteiger partial charge in [-0.05, 0) is 38.0 Å². The molecule has 1 aromatic carbocycles. The number of hydrogen-bond donors (Lipinski definition) is 2. The molecule has 4 atom stereocenters. The number of nitrogens with two attached hydrogens (primary N) is 1. The van der Waals surface area contributed by atoms with Gasteiger partial charge in [-0.3, -0.25) is 13.9 Å². The molecule has 1 saturated heterocycles. The Morgan fingerprint density at radius 2 is 2.00 bits per heavy atom. The van der Waals surface area contributed by atoms with Crippen LogP contribution in [0.1, 0.15) is 39.8 Å². The number of para-hydroxylation sites is 1. The van der Waals surface area contributed by atoms with Crippen molar-refractivity contribution in [1.82, 2.24) is 14.6 Å². The van der Waals surface area contributed by atoms with Crippen molar-refractivity contribution in [2.24, 2.45) is 0 Å². The fraction of sp³-hybridized carbons (Fsp3) is 0.500. The molecule has 0 saturated carbocycles. The maximum atomic E-state index is 13.6. The molecule has 2 aromatic rings. The van der Waals surface area contributed by atoms with Crippen molar-refractivity contribution in [3.63, 3.8) is 0 Å². The highest BCUT2D eigenvalue weighted by Crippen LogP contribution is 2.45. The summed E-state index contributed by atoms with van der Waals surface area (Å²) in [5, 5.41) is 2.62. The fourth-order valence-electron chi connectivity index (χ4n) is 3.20. The van der Waals surface area contributed by atoms with Crippen LogP contribution in [0.15, 0.2) is 47.4 Å². The van der Waals surface area contributed by atoms with Crippen LogP contribution in [0.5, 0.6) is 5.75 Å². The average molecular weight is 510 g/mol. The van der Waals surface area contributed by atoms with E-state index in [9.17, 15) is 14.2 Å². The van der Waals surface area contributed by atoms with Crippen molar-refractivity contribution < 1.29 is 32.6 Å². The number of rotatable bonds is 12. The lowest BCUT2D eigenvalue weighted by Crippen LogP contribution is -2.37. The molecule has 192 valence electrons. The first-order valence-corrected chi connectivity index (χ1v) is 12.9. The molecule has 1 fully saturated rings. The molecule has 0 spiro atoms. The summed E-state index contributed by atoms with van der Waals surface area (Å²) in [6, 6.07) is 8.86. The van der Waals surface area contributed by atoms with Gasteiger partial charge in [-0.25, -0.2) is 9.36 Å². The summed E-state index contributed by atoms with van der Waals surface area (Å²) >= 11 is 0. The van der Waals surface area contributed by atoms with Crippen molar-refractivity contribution in [2.45, 2.75) is 58.3 Å². The van der Waals surface area contributed by atoms with Gasteiger partial charge >= 0.3 is 19.4 Å². The number of benzene rings is 1. The summed E-state index contributed by atoms with van der Waals surface area (Å²) in [7, 11) is -4.08. The van der Waals surface area contributed by atoms with Crippen LogP contribution in [-0.4, -0.2) is 47.2 Å². The zero-order chi connectivity index (χ0) is 25.4. The largest absolute Gasteiger partial charge is 0.461 e. The van der Waals surface area contributed by atoms with Gasteiger partial charge in [-0.2, -0.15) is 10.1 Å². The van der Waals surface area contributed by atoms with Crippen molar-refractivity contribution in [1.29, 1.82) is 0 Å². The van der Waals surface area contributed by atoms with Crippen LogP contribution >= 0.6 is 7.75 Å². The molecule has 12 nitrogen and oxygen atoms in total. The van der Waals surface area contributed by atoms with Crippen LogP contribution in [0.3, 0.4) is 0 Å². The van der Waals surface area contributed by atoms with Gasteiger partial charge in [0.25, 0.3) is 0 Å². The van der Waals surface area contributed by atoms with Crippen LogP contribution in [0.4, 0.5) is 5.82 Å². The first-order chi connectivity index (χ1) is 16.7. The van der Waals surface area contributed by atoms with E-state index < -0.39 is 38.0 Å². The number of anilines is 1. The molecule has 35 heavy (non-hydrogen) atoms. The molecular weight excluding hydrogens is 479 g/mol. The molecule has 13 heteroatoms. The van der Waals surface area contributed by atoms with Crippen molar-refractivity contribution in [3.05, 3.63) is 53.1 Å². The normalized spacial score (nSPS) is 20.3. The highest BCUT2D eigenvalue weighted by atomic mass is 31.2. The van der Waals surface area contributed by atoms with Crippen LogP contribution in [0.2, 0.25) is 0 Å². The van der Waals surface area contributed by atoms with Crippen molar-refractivity contribution >= 4 is 19.5 Å². The third kappa shape index (κ3) is 7.61. The number of carbonyl (C=O) groups is 1. The molecule has 3 N–H and O–H groups in total. The van der Waals surface area contributed by atoms with Gasteiger partial charge < -0.3 is 24.5 Å². The van der Waals surface area contributed by atoms with Crippen LogP contribution < -0.4 is 21.0 Å². The lowest BCUT2D eigenvalue weighted by Gasteiger charge is -2.24. The number of aromatic nitrogens is 2. The lowest BCUT2D eigenvalue weighted by molar-refractivity contribution is -0.151. The molecule has 2 heterocycles. The molecule has 1 aliphatic heterocycles. The summed E-state index contributed by atoms with van der Waals surface area (Å²) in [6.07, 6.45) is 0.804. The zero-order valence-corrected chi connectivity index (χ0v) is 20.8. The molecule has 0 aliphatic carbocycles. The van der Waals surface area contributed by atoms with Gasteiger partial charge in [0.15, 0.2) is 12.5 Å². The van der Waals surface area contributed by atoms with E-state index in [1.54, 1.807) is 30.3 Å². The Balaban J connectivity index is 1.66. The van der Waals surface area contributed by atoms with Gasteiger partial charge in [-0.15, -0.1) is 0 Å². The van der Waals surface area contributed by atoms with E-state index in [-0.39, 0.29) is 30.9 Å². The Morgan fingerprint density at radius 3 is 2.66 bits per heavy atom. The minimum atomic E-state index is -4.08. The molecule has 1 aliphatic rings. The summed E-state index contributed by atoms with van der Waals surface area (Å²) in [4.78, 5) is 28.2. The summed E-state index contributed by atoms with van der Waals surface area (Å²) in [6.45, 7) is 5.06. The Labute approximate surface area is 203 Å². The SMILES string of the molecule is CCC(CC)OC(=O)[C@H](C)N[P@](=O)(OC[C@H]1OC[C@@H](n2ccc(N)nc2=O)O1)Oc1ccccc1. The van der Waals surface area contributed by atoms with Crippen LogP contribution in [-0.2, 0) is 28.1 Å². The number of nitrogens with zero attached hydrogens (tertiary/aromatic N) is 2. The summed E-state index contributed by atoms with van der Waals surface area (Å²) in [5.41, 5.74) is 4.92. The topological polar surface area (TPSA) is 153 Å². The molecule has 0 amide bonds. The summed E-state index contributed by atoms with van der Waals surface area (Å²) in [5.74, 6) is -0.218. The number of nitrogens with one attached hydrogen (secondary N) is 1. The second kappa shape index (κ2) is 12.3. The first kappa shape index (κ1) is 26.8. The minimum Gasteiger partial charge on any atom is -0.461 e. The van der Waals surface area contributed by atoms with Crippen LogP contribution in [0.25, 0.3) is 0 Å². The van der Waals surface area contributed by atoms with E-state index in [1.807, 2.05) is 13.8 Å². The van der Waals surface area contributed by atoms with Crippen LogP contribution in [0, 0.1) is 0 Å². The number of nitrogen functional groups attached to an aromatic ring is 1. The lowest BCUT2D eigenvalue weighted by atomic mass is 10.2. The van der Waals surface area contributed by atoms with Gasteiger partial charge in [0.2, 0.25) is 0 Å². The van der Waals surface area contributed by atoms with Gasteiger partial charge in [0.05, 0.1) is 6.61 Å². The van der Waals surface area contributed by atoms with Gasteiger partial charge in [0, 0.05) is 6.20 Å². The average Bonchev–Trinajstić information content (AvgIpc) is 3.30. The Morgan fingerprint density at radius 1 is 1.29 bits per heavy atom. The van der Waals surface area contributed by atoms with Crippen molar-refractivity contribution in [2.75, 3.05) is 18.9 Å². The number of hydrogen-bond acceptors (Lipinski definition) is 10. The number of esters is 1. The van der Waals surface area contributed by atoms with E-state index in [4.69, 9.17) is 29.0 Å². The third-order valence-corrected chi connectivity index (χ3v) is 6.79. The highest BCUT2D eigenvalue weighted by Gasteiger charge is 2.36. The molecule has 0 bridgehead atoms. The molecule has 0 radical (unpaired) electrons. The number of ether oxygens (including phenoxy) is 3. The Bertz CT molecular complexity index is 1080. The highest BCUT2D eigenvalue weighted by molar-refractivity contribution is 7.52. The molecule has 1 aromatic heterocycles. The molecule has 0 unspecified atom stereocenters. The quantitative estimate of drug-likeness (QED) is 0.320. The van der Waals surface area contributed by atoms with Gasteiger partial charge in [0.1, 0.15) is 30.3 Å². The zero-order valence-electron chi connectivity index (χ0n) is 19.9. The third-order valence-electron chi connectivity index (χ3n) is 5.14. The fourth-order valence-corrected chi connectivity index (χ4v) is 4.68. The van der Waals surface area contributed by atoms with Gasteiger partial charge in [-0.1, -0.05) is 32.0 Å². The maximum absolute atomic E-state index is 13.6. The van der Waals surface area contributed by atoms with E-state index in [0.717, 1.165) is 0 Å².